The molecule has 2 amide bonds. The van der Waals surface area contributed by atoms with Crippen LogP contribution in [0.4, 0.5) is 0 Å². The van der Waals surface area contributed by atoms with Crippen molar-refractivity contribution in [1.29, 1.82) is 0 Å². The highest BCUT2D eigenvalue weighted by Gasteiger charge is 2.71. The van der Waals surface area contributed by atoms with E-state index in [1.54, 1.807) is 16.7 Å². The van der Waals surface area contributed by atoms with E-state index in [9.17, 15) is 19.5 Å². The number of aliphatic hydroxyl groups is 1. The smallest absolute Gasteiger partial charge is 0.311 e. The number of amides is 2. The first-order valence-corrected chi connectivity index (χ1v) is 13.2. The van der Waals surface area contributed by atoms with Crippen molar-refractivity contribution in [3.8, 4) is 0 Å². The van der Waals surface area contributed by atoms with E-state index in [4.69, 9.17) is 4.74 Å². The number of carbonyl (C=O) groups excluding carboxylic acids is 3. The second-order valence-corrected chi connectivity index (χ2v) is 11.1. The molecule has 4 heterocycles. The van der Waals surface area contributed by atoms with E-state index in [-0.39, 0.29) is 35.7 Å². The van der Waals surface area contributed by atoms with Crippen LogP contribution in [-0.4, -0.2) is 80.6 Å². The molecule has 2 unspecified atom stereocenters. The molecule has 1 N–H and O–H groups in total. The fraction of sp³-hybridized carbons (Fsp3) is 0.720. The number of rotatable bonds is 6. The van der Waals surface area contributed by atoms with Gasteiger partial charge in [-0.2, -0.15) is 0 Å². The summed E-state index contributed by atoms with van der Waals surface area (Å²) in [5, 5.41) is 9.91. The standard InChI is InChI=1S/C25H36N2O5S/c1-4-10-16(3)26-13-9-12-25-20(19-18(33-25)11-7-6-8-14-32-24(19)31)22(29)27(17(5-2)15-28)21(25)23(26)30/h7,9,11-12,16-21,28H,4-6,8,10,13-15H2,1-3H3/b11-7-/t16?,17-,18+,19-,20-,21?,25-/m0/s1. The average molecular weight is 477 g/mol. The van der Waals surface area contributed by atoms with Crippen LogP contribution in [0.5, 0.6) is 0 Å². The van der Waals surface area contributed by atoms with Gasteiger partial charge in [-0.15, -0.1) is 11.8 Å². The third-order valence-electron chi connectivity index (χ3n) is 7.63. The summed E-state index contributed by atoms with van der Waals surface area (Å²) in [7, 11) is 0. The van der Waals surface area contributed by atoms with Crippen LogP contribution in [0.15, 0.2) is 24.3 Å². The first-order chi connectivity index (χ1) is 15.9. The minimum atomic E-state index is -0.852. The van der Waals surface area contributed by atoms with Crippen molar-refractivity contribution in [1.82, 2.24) is 9.80 Å². The lowest BCUT2D eigenvalue weighted by molar-refractivity contribution is -0.153. The van der Waals surface area contributed by atoms with Gasteiger partial charge in [0.2, 0.25) is 11.8 Å². The van der Waals surface area contributed by atoms with E-state index in [0.717, 1.165) is 25.7 Å². The monoisotopic (exact) mass is 476 g/mol. The summed E-state index contributed by atoms with van der Waals surface area (Å²) < 4.78 is 4.72. The number of allylic oxidation sites excluding steroid dienone is 1. The quantitative estimate of drug-likeness (QED) is 0.468. The molecule has 0 bridgehead atoms. The Morgan fingerprint density at radius 1 is 1.24 bits per heavy atom. The molecule has 4 aliphatic heterocycles. The van der Waals surface area contributed by atoms with E-state index < -0.39 is 28.7 Å². The van der Waals surface area contributed by atoms with E-state index in [2.05, 4.69) is 19.9 Å². The van der Waals surface area contributed by atoms with Gasteiger partial charge < -0.3 is 19.6 Å². The van der Waals surface area contributed by atoms with Gasteiger partial charge in [-0.25, -0.2) is 0 Å². The molecular formula is C25H36N2O5S. The van der Waals surface area contributed by atoms with Crippen molar-refractivity contribution in [3.63, 3.8) is 0 Å². The van der Waals surface area contributed by atoms with E-state index >= 15 is 0 Å². The van der Waals surface area contributed by atoms with Gasteiger partial charge in [-0.05, 0) is 32.6 Å². The van der Waals surface area contributed by atoms with Crippen LogP contribution in [0.25, 0.3) is 0 Å². The summed E-state index contributed by atoms with van der Waals surface area (Å²) in [6.45, 7) is 6.67. The van der Waals surface area contributed by atoms with Gasteiger partial charge in [0.1, 0.15) is 6.04 Å². The lowest BCUT2D eigenvalue weighted by atomic mass is 9.78. The Morgan fingerprint density at radius 2 is 2.03 bits per heavy atom. The lowest BCUT2D eigenvalue weighted by Crippen LogP contribution is -2.57. The molecule has 0 radical (unpaired) electrons. The molecule has 0 aromatic heterocycles. The highest BCUT2D eigenvalue weighted by molar-refractivity contribution is 8.02. The van der Waals surface area contributed by atoms with Crippen molar-refractivity contribution in [2.75, 3.05) is 19.8 Å². The van der Waals surface area contributed by atoms with Crippen LogP contribution < -0.4 is 0 Å². The second-order valence-electron chi connectivity index (χ2n) is 9.60. The number of aliphatic hydroxyl groups excluding tert-OH is 1. The molecule has 4 aliphatic rings. The van der Waals surface area contributed by atoms with Crippen molar-refractivity contribution in [2.24, 2.45) is 11.8 Å². The van der Waals surface area contributed by atoms with Crippen molar-refractivity contribution in [2.45, 2.75) is 81.0 Å². The molecule has 0 aromatic carbocycles. The Hall–Kier alpha value is -1.80. The Morgan fingerprint density at radius 3 is 2.73 bits per heavy atom. The summed E-state index contributed by atoms with van der Waals surface area (Å²) in [6.07, 6.45) is 12.1. The number of esters is 1. The van der Waals surface area contributed by atoms with Gasteiger partial charge in [-0.1, -0.05) is 44.6 Å². The topological polar surface area (TPSA) is 87.2 Å². The maximum Gasteiger partial charge on any atom is 0.311 e. The molecule has 2 fully saturated rings. The molecule has 0 aliphatic carbocycles. The molecule has 182 valence electrons. The number of ether oxygens (including phenoxy) is 1. The molecule has 7 nitrogen and oxygen atoms in total. The summed E-state index contributed by atoms with van der Waals surface area (Å²) in [5.74, 6) is -1.98. The summed E-state index contributed by atoms with van der Waals surface area (Å²) in [5.41, 5.74) is 0. The van der Waals surface area contributed by atoms with Gasteiger partial charge >= 0.3 is 5.97 Å². The number of hydrogen-bond acceptors (Lipinski definition) is 6. The number of nitrogens with zero attached hydrogens (tertiary/aromatic N) is 2. The fourth-order valence-electron chi connectivity index (χ4n) is 5.99. The van der Waals surface area contributed by atoms with Crippen LogP contribution in [0.1, 0.15) is 52.9 Å². The molecule has 0 aromatic rings. The van der Waals surface area contributed by atoms with E-state index in [0.29, 0.717) is 19.6 Å². The minimum Gasteiger partial charge on any atom is -0.465 e. The van der Waals surface area contributed by atoms with Crippen LogP contribution >= 0.6 is 11.8 Å². The first kappa shape index (κ1) is 24.3. The average Bonchev–Trinajstić information content (AvgIpc) is 3.20. The van der Waals surface area contributed by atoms with Crippen molar-refractivity contribution >= 4 is 29.5 Å². The predicted octanol–water partition coefficient (Wildman–Crippen LogP) is 2.53. The Kier molecular flexibility index (Phi) is 7.24. The van der Waals surface area contributed by atoms with Crippen molar-refractivity contribution in [3.05, 3.63) is 24.3 Å². The molecule has 2 saturated heterocycles. The van der Waals surface area contributed by atoms with Crippen LogP contribution in [0, 0.1) is 11.8 Å². The normalized spacial score (nSPS) is 36.7. The zero-order valence-electron chi connectivity index (χ0n) is 19.8. The predicted molar refractivity (Wildman–Crippen MR) is 127 cm³/mol. The molecule has 8 heteroatoms. The Labute approximate surface area is 200 Å². The fourth-order valence-corrected chi connectivity index (χ4v) is 7.98. The summed E-state index contributed by atoms with van der Waals surface area (Å²) in [4.78, 5) is 44.8. The van der Waals surface area contributed by atoms with Gasteiger partial charge in [0.05, 0.1) is 35.8 Å². The van der Waals surface area contributed by atoms with E-state index in [1.807, 2.05) is 30.1 Å². The van der Waals surface area contributed by atoms with Gasteiger partial charge in [0.25, 0.3) is 0 Å². The zero-order chi connectivity index (χ0) is 23.8. The highest BCUT2D eigenvalue weighted by atomic mass is 32.2. The third kappa shape index (κ3) is 3.93. The van der Waals surface area contributed by atoms with Crippen LogP contribution in [0.2, 0.25) is 0 Å². The maximum atomic E-state index is 14.1. The number of carbonyl (C=O) groups is 3. The summed E-state index contributed by atoms with van der Waals surface area (Å²) in [6, 6.07) is -1.17. The number of hydrogen-bond donors (Lipinski definition) is 1. The number of thioether (sulfide) groups is 1. The van der Waals surface area contributed by atoms with Gasteiger partial charge in [0, 0.05) is 17.8 Å². The highest BCUT2D eigenvalue weighted by Crippen LogP contribution is 2.61. The SMILES string of the molecule is CCCC(C)N1CC=C[C@]23S[C@@H]4/C=C\CCCOC(=O)[C@@H]4[C@H]2C(=O)N([C@@H](CC)CO)C3C1=O. The third-order valence-corrected chi connectivity index (χ3v) is 9.38. The molecule has 33 heavy (non-hydrogen) atoms. The number of likely N-dealkylation sites (tertiary alicyclic amines) is 1. The van der Waals surface area contributed by atoms with Crippen LogP contribution in [-0.2, 0) is 19.1 Å². The molecule has 0 saturated carbocycles. The van der Waals surface area contributed by atoms with Crippen LogP contribution in [0.3, 0.4) is 0 Å². The van der Waals surface area contributed by atoms with Crippen molar-refractivity contribution < 1.29 is 24.2 Å². The molecular weight excluding hydrogens is 440 g/mol. The zero-order valence-corrected chi connectivity index (χ0v) is 20.6. The lowest BCUT2D eigenvalue weighted by Gasteiger charge is -2.39. The Balaban J connectivity index is 1.83. The largest absolute Gasteiger partial charge is 0.465 e. The molecule has 4 rings (SSSR count). The second kappa shape index (κ2) is 9.82. The first-order valence-electron chi connectivity index (χ1n) is 12.3. The Bertz CT molecular complexity index is 841. The molecule has 1 spiro atoms. The minimum absolute atomic E-state index is 0.0426. The van der Waals surface area contributed by atoms with Gasteiger partial charge in [-0.3, -0.25) is 14.4 Å². The maximum absolute atomic E-state index is 14.1. The summed E-state index contributed by atoms with van der Waals surface area (Å²) >= 11 is 1.56. The van der Waals surface area contributed by atoms with Gasteiger partial charge in [0.15, 0.2) is 0 Å². The molecule has 7 atom stereocenters. The van der Waals surface area contributed by atoms with E-state index in [1.165, 1.54) is 0 Å². The number of fused-ring (bicyclic) bond motifs is 2. The number of cyclic esters (lactones) is 1.